The molecule has 1 heterocycles. The first-order valence-electron chi connectivity index (χ1n) is 8.91. The molecule has 1 saturated heterocycles. The van der Waals surface area contributed by atoms with Crippen LogP contribution in [0, 0.1) is 13.8 Å². The lowest BCUT2D eigenvalue weighted by Gasteiger charge is -2.21. The molecule has 1 fully saturated rings. The van der Waals surface area contributed by atoms with Crippen molar-refractivity contribution in [2.75, 3.05) is 18.5 Å². The Balaban J connectivity index is 1.73. The number of benzene rings is 2. The number of amides is 1. The Morgan fingerprint density at radius 1 is 1.16 bits per heavy atom. The van der Waals surface area contributed by atoms with Crippen molar-refractivity contribution in [1.29, 1.82) is 0 Å². The molecule has 4 heteroatoms. The Labute approximate surface area is 149 Å². The third kappa shape index (κ3) is 4.91. The Bertz CT molecular complexity index is 689. The molecule has 0 spiro atoms. The van der Waals surface area contributed by atoms with E-state index < -0.39 is 6.04 Å². The van der Waals surface area contributed by atoms with Crippen molar-refractivity contribution in [3.05, 3.63) is 65.2 Å². The second-order valence-electron chi connectivity index (χ2n) is 6.75. The summed E-state index contributed by atoms with van der Waals surface area (Å²) in [7, 11) is 0. The van der Waals surface area contributed by atoms with E-state index in [2.05, 4.69) is 16.7 Å². The normalized spacial score (nSPS) is 18.1. The summed E-state index contributed by atoms with van der Waals surface area (Å²) < 4.78 is 5.67. The summed E-state index contributed by atoms with van der Waals surface area (Å²) in [6.45, 7) is 5.57. The van der Waals surface area contributed by atoms with Crippen molar-refractivity contribution in [3.8, 4) is 0 Å². The molecule has 2 atom stereocenters. The fraction of sp³-hybridized carbons (Fsp3) is 0.381. The number of hydrogen-bond donors (Lipinski definition) is 2. The van der Waals surface area contributed by atoms with Crippen molar-refractivity contribution in [2.45, 2.75) is 38.8 Å². The van der Waals surface area contributed by atoms with E-state index in [0.29, 0.717) is 6.54 Å². The van der Waals surface area contributed by atoms with E-state index in [9.17, 15) is 4.79 Å². The molecule has 0 aliphatic carbocycles. The van der Waals surface area contributed by atoms with Gasteiger partial charge in [0.05, 0.1) is 6.10 Å². The zero-order valence-electron chi connectivity index (χ0n) is 14.9. The monoisotopic (exact) mass is 338 g/mol. The Morgan fingerprint density at radius 3 is 2.52 bits per heavy atom. The van der Waals surface area contributed by atoms with Gasteiger partial charge >= 0.3 is 0 Å². The summed E-state index contributed by atoms with van der Waals surface area (Å²) >= 11 is 0. The Kier molecular flexibility index (Phi) is 5.84. The molecule has 0 bridgehead atoms. The lowest BCUT2D eigenvalue weighted by Crippen LogP contribution is -2.37. The highest BCUT2D eigenvalue weighted by atomic mass is 16.5. The molecule has 2 aromatic rings. The molecule has 1 aliphatic rings. The summed E-state index contributed by atoms with van der Waals surface area (Å²) in [4.78, 5) is 12.9. The maximum Gasteiger partial charge on any atom is 0.246 e. The van der Waals surface area contributed by atoms with Crippen molar-refractivity contribution in [1.82, 2.24) is 5.32 Å². The van der Waals surface area contributed by atoms with Crippen LogP contribution in [-0.4, -0.2) is 25.2 Å². The predicted octanol–water partition coefficient (Wildman–Crippen LogP) is 3.75. The maximum atomic E-state index is 12.9. The van der Waals surface area contributed by atoms with E-state index in [4.69, 9.17) is 4.74 Å². The molecule has 25 heavy (non-hydrogen) atoms. The first-order valence-corrected chi connectivity index (χ1v) is 8.91. The first kappa shape index (κ1) is 17.6. The van der Waals surface area contributed by atoms with Gasteiger partial charge in [-0.2, -0.15) is 0 Å². The highest BCUT2D eigenvalue weighted by Crippen LogP contribution is 2.19. The van der Waals surface area contributed by atoms with E-state index in [-0.39, 0.29) is 12.0 Å². The van der Waals surface area contributed by atoms with Gasteiger partial charge in [0.1, 0.15) is 6.04 Å². The molecule has 0 unspecified atom stereocenters. The van der Waals surface area contributed by atoms with Crippen molar-refractivity contribution in [3.63, 3.8) is 0 Å². The minimum absolute atomic E-state index is 0.0470. The van der Waals surface area contributed by atoms with Crippen LogP contribution in [0.5, 0.6) is 0 Å². The van der Waals surface area contributed by atoms with Gasteiger partial charge in [-0.05, 0) is 55.5 Å². The molecule has 3 rings (SSSR count). The summed E-state index contributed by atoms with van der Waals surface area (Å²) in [6.07, 6.45) is 2.34. The van der Waals surface area contributed by atoms with E-state index in [1.165, 1.54) is 0 Å². The van der Waals surface area contributed by atoms with Crippen LogP contribution in [0.3, 0.4) is 0 Å². The molecule has 0 saturated carbocycles. The number of ether oxygens (including phenoxy) is 1. The third-order valence-electron chi connectivity index (χ3n) is 4.46. The van der Waals surface area contributed by atoms with Gasteiger partial charge < -0.3 is 10.1 Å². The lowest BCUT2D eigenvalue weighted by molar-refractivity contribution is -0.118. The van der Waals surface area contributed by atoms with Crippen LogP contribution in [0.2, 0.25) is 0 Å². The van der Waals surface area contributed by atoms with Gasteiger partial charge in [0.2, 0.25) is 5.91 Å². The van der Waals surface area contributed by atoms with Crippen LogP contribution in [0.1, 0.15) is 35.6 Å². The number of anilines is 1. The molecule has 1 amide bonds. The molecule has 0 radical (unpaired) electrons. The zero-order chi connectivity index (χ0) is 17.6. The van der Waals surface area contributed by atoms with Crippen LogP contribution in [0.25, 0.3) is 0 Å². The summed E-state index contributed by atoms with van der Waals surface area (Å²) in [6, 6.07) is 15.5. The molecule has 132 valence electrons. The average molecular weight is 338 g/mol. The smallest absolute Gasteiger partial charge is 0.246 e. The molecular formula is C21H26N2O2. The minimum Gasteiger partial charge on any atom is -0.377 e. The molecule has 2 aromatic carbocycles. The van der Waals surface area contributed by atoms with Crippen molar-refractivity contribution < 1.29 is 9.53 Å². The largest absolute Gasteiger partial charge is 0.377 e. The summed E-state index contributed by atoms with van der Waals surface area (Å²) in [5.41, 5.74) is 4.07. The predicted molar refractivity (Wildman–Crippen MR) is 101 cm³/mol. The van der Waals surface area contributed by atoms with Gasteiger partial charge in [0.25, 0.3) is 0 Å². The number of rotatable bonds is 6. The summed E-state index contributed by atoms with van der Waals surface area (Å²) in [5.74, 6) is -0.0470. The Hall–Kier alpha value is -2.17. The zero-order valence-corrected chi connectivity index (χ0v) is 14.9. The SMILES string of the molecule is Cc1cc(C)cc(NC(=O)[C@H](NC[C@@H]2CCCO2)c2ccccc2)c1. The molecule has 2 N–H and O–H groups in total. The van der Waals surface area contributed by atoms with Crippen LogP contribution < -0.4 is 10.6 Å². The van der Waals surface area contributed by atoms with E-state index in [1.807, 2.05) is 56.3 Å². The first-order chi connectivity index (χ1) is 12.1. The third-order valence-corrected chi connectivity index (χ3v) is 4.46. The maximum absolute atomic E-state index is 12.9. The quantitative estimate of drug-likeness (QED) is 0.843. The number of carbonyl (C=O) groups excluding carboxylic acids is 1. The van der Waals surface area contributed by atoms with Crippen LogP contribution in [0.15, 0.2) is 48.5 Å². The fourth-order valence-electron chi connectivity index (χ4n) is 3.32. The topological polar surface area (TPSA) is 50.4 Å². The van der Waals surface area contributed by atoms with Gasteiger partial charge in [-0.15, -0.1) is 0 Å². The summed E-state index contributed by atoms with van der Waals surface area (Å²) in [5, 5.41) is 6.45. The van der Waals surface area contributed by atoms with Crippen molar-refractivity contribution >= 4 is 11.6 Å². The highest BCUT2D eigenvalue weighted by molar-refractivity contribution is 5.95. The van der Waals surface area contributed by atoms with Gasteiger partial charge in [-0.25, -0.2) is 0 Å². The molecule has 1 aliphatic heterocycles. The van der Waals surface area contributed by atoms with E-state index >= 15 is 0 Å². The number of carbonyl (C=O) groups is 1. The van der Waals surface area contributed by atoms with Gasteiger partial charge in [0, 0.05) is 18.8 Å². The number of hydrogen-bond acceptors (Lipinski definition) is 3. The number of nitrogens with one attached hydrogen (secondary N) is 2. The Morgan fingerprint density at radius 2 is 1.88 bits per heavy atom. The van der Waals surface area contributed by atoms with Crippen LogP contribution >= 0.6 is 0 Å². The lowest BCUT2D eigenvalue weighted by atomic mass is 10.0. The molecule has 4 nitrogen and oxygen atoms in total. The van der Waals surface area contributed by atoms with Crippen LogP contribution in [0.4, 0.5) is 5.69 Å². The van der Waals surface area contributed by atoms with E-state index in [1.54, 1.807) is 0 Å². The molecule has 0 aromatic heterocycles. The second-order valence-corrected chi connectivity index (χ2v) is 6.75. The average Bonchev–Trinajstić information content (AvgIpc) is 3.08. The van der Waals surface area contributed by atoms with Gasteiger partial charge in [0.15, 0.2) is 0 Å². The standard InChI is InChI=1S/C21H26N2O2/c1-15-11-16(2)13-18(12-15)23-21(24)20(17-7-4-3-5-8-17)22-14-19-9-6-10-25-19/h3-5,7-8,11-13,19-20,22H,6,9-10,14H2,1-2H3,(H,23,24)/t19-,20+/m0/s1. The van der Waals surface area contributed by atoms with Gasteiger partial charge in [-0.3, -0.25) is 10.1 Å². The van der Waals surface area contributed by atoms with Gasteiger partial charge in [-0.1, -0.05) is 36.4 Å². The fourth-order valence-corrected chi connectivity index (χ4v) is 3.32. The van der Waals surface area contributed by atoms with Crippen molar-refractivity contribution in [2.24, 2.45) is 0 Å². The minimum atomic E-state index is -0.397. The van der Waals surface area contributed by atoms with Crippen LogP contribution in [-0.2, 0) is 9.53 Å². The van der Waals surface area contributed by atoms with E-state index in [0.717, 1.165) is 41.8 Å². The number of aryl methyl sites for hydroxylation is 2. The second kappa shape index (κ2) is 8.28. The molecular weight excluding hydrogens is 312 g/mol. The highest BCUT2D eigenvalue weighted by Gasteiger charge is 2.23.